The van der Waals surface area contributed by atoms with Gasteiger partial charge in [0.2, 0.25) is 0 Å². The highest BCUT2D eigenvalue weighted by molar-refractivity contribution is 5.92. The van der Waals surface area contributed by atoms with Crippen LogP contribution in [0.5, 0.6) is 5.75 Å². The second kappa shape index (κ2) is 7.68. The molecule has 2 aromatic carbocycles. The van der Waals surface area contributed by atoms with Crippen LogP contribution in [0.1, 0.15) is 35.3 Å². The molecule has 0 saturated heterocycles. The topological polar surface area (TPSA) is 73.2 Å². The van der Waals surface area contributed by atoms with Crippen LogP contribution in [0, 0.1) is 0 Å². The van der Waals surface area contributed by atoms with Gasteiger partial charge in [-0.3, -0.25) is 9.59 Å². The van der Waals surface area contributed by atoms with Crippen LogP contribution in [0.4, 0.5) is 0 Å². The molecule has 142 valence electrons. The number of amides is 1. The van der Waals surface area contributed by atoms with Gasteiger partial charge in [-0.1, -0.05) is 30.3 Å². The highest BCUT2D eigenvalue weighted by Gasteiger charge is 2.40. The molecule has 0 bridgehead atoms. The van der Waals surface area contributed by atoms with Crippen molar-refractivity contribution in [3.63, 3.8) is 0 Å². The molecular weight excluding hydrogens is 354 g/mol. The minimum Gasteiger partial charge on any atom is -0.494 e. The van der Waals surface area contributed by atoms with Crippen molar-refractivity contribution in [1.29, 1.82) is 0 Å². The van der Waals surface area contributed by atoms with E-state index < -0.39 is 0 Å². The van der Waals surface area contributed by atoms with Crippen molar-refractivity contribution in [2.45, 2.75) is 25.3 Å². The van der Waals surface area contributed by atoms with E-state index in [4.69, 9.17) is 4.74 Å². The number of hydrogen-bond donors (Lipinski definition) is 1. The van der Waals surface area contributed by atoms with Gasteiger partial charge in [-0.05, 0) is 49.2 Å². The summed E-state index contributed by atoms with van der Waals surface area (Å²) in [7, 11) is 0. The van der Waals surface area contributed by atoms with E-state index in [9.17, 15) is 9.59 Å². The Morgan fingerprint density at radius 3 is 2.75 bits per heavy atom. The van der Waals surface area contributed by atoms with Gasteiger partial charge in [-0.2, -0.15) is 9.78 Å². The first-order valence-electron chi connectivity index (χ1n) is 9.35. The van der Waals surface area contributed by atoms with Gasteiger partial charge in [0.1, 0.15) is 11.4 Å². The standard InChI is InChI=1S/C22H21N3O3/c1-2-28-17-10-6-7-15(13-17)18-14-20(18)23-22(27)19-11-12-21(26)25(24-19)16-8-4-3-5-9-16/h3-13,18,20H,2,14H2,1H3,(H,23,27)/t18-,20+/m0/s1. The molecule has 1 amide bonds. The number of nitrogens with one attached hydrogen (secondary N) is 1. The number of nitrogens with zero attached hydrogens (tertiary/aromatic N) is 2. The Hall–Kier alpha value is -3.41. The fraction of sp³-hybridized carbons (Fsp3) is 0.227. The molecular formula is C22H21N3O3. The summed E-state index contributed by atoms with van der Waals surface area (Å²) in [5, 5.41) is 7.24. The maximum absolute atomic E-state index is 12.6. The monoisotopic (exact) mass is 375 g/mol. The Kier molecular flexibility index (Phi) is 4.93. The summed E-state index contributed by atoms with van der Waals surface area (Å²) in [6.07, 6.45) is 0.875. The molecule has 4 rings (SSSR count). The van der Waals surface area contributed by atoms with Crippen molar-refractivity contribution in [3.05, 3.63) is 88.3 Å². The predicted octanol–water partition coefficient (Wildman–Crippen LogP) is 2.92. The lowest BCUT2D eigenvalue weighted by molar-refractivity contribution is 0.0943. The fourth-order valence-electron chi connectivity index (χ4n) is 3.25. The smallest absolute Gasteiger partial charge is 0.271 e. The predicted molar refractivity (Wildman–Crippen MR) is 106 cm³/mol. The molecule has 6 heteroatoms. The summed E-state index contributed by atoms with van der Waals surface area (Å²) in [6, 6.07) is 19.9. The van der Waals surface area contributed by atoms with Crippen LogP contribution in [-0.2, 0) is 0 Å². The van der Waals surface area contributed by atoms with Crippen molar-refractivity contribution in [2.75, 3.05) is 6.61 Å². The maximum Gasteiger partial charge on any atom is 0.271 e. The van der Waals surface area contributed by atoms with Gasteiger partial charge in [0.25, 0.3) is 11.5 Å². The molecule has 0 aliphatic heterocycles. The van der Waals surface area contributed by atoms with E-state index in [-0.39, 0.29) is 29.1 Å². The maximum atomic E-state index is 12.6. The van der Waals surface area contributed by atoms with Gasteiger partial charge in [0.05, 0.1) is 12.3 Å². The van der Waals surface area contributed by atoms with Crippen LogP contribution in [0.2, 0.25) is 0 Å². The van der Waals surface area contributed by atoms with Gasteiger partial charge in [0.15, 0.2) is 0 Å². The molecule has 1 fully saturated rings. The molecule has 0 radical (unpaired) electrons. The van der Waals surface area contributed by atoms with Crippen LogP contribution >= 0.6 is 0 Å². The number of benzene rings is 2. The van der Waals surface area contributed by atoms with Gasteiger partial charge in [0, 0.05) is 18.0 Å². The minimum atomic E-state index is -0.279. The van der Waals surface area contributed by atoms with Crippen molar-refractivity contribution < 1.29 is 9.53 Å². The summed E-state index contributed by atoms with van der Waals surface area (Å²) in [4.78, 5) is 24.7. The molecule has 1 aromatic heterocycles. The lowest BCUT2D eigenvalue weighted by Gasteiger charge is -2.08. The Morgan fingerprint density at radius 1 is 1.14 bits per heavy atom. The zero-order valence-electron chi connectivity index (χ0n) is 15.5. The van der Waals surface area contributed by atoms with E-state index in [2.05, 4.69) is 10.4 Å². The number of carbonyl (C=O) groups is 1. The van der Waals surface area contributed by atoms with Crippen molar-refractivity contribution in [3.8, 4) is 11.4 Å². The van der Waals surface area contributed by atoms with Gasteiger partial charge >= 0.3 is 0 Å². The highest BCUT2D eigenvalue weighted by atomic mass is 16.5. The molecule has 0 unspecified atom stereocenters. The first-order valence-corrected chi connectivity index (χ1v) is 9.35. The number of hydrogen-bond acceptors (Lipinski definition) is 4. The largest absolute Gasteiger partial charge is 0.494 e. The van der Waals surface area contributed by atoms with E-state index in [1.165, 1.54) is 16.8 Å². The molecule has 0 spiro atoms. The van der Waals surface area contributed by atoms with Crippen LogP contribution < -0.4 is 15.6 Å². The lowest BCUT2D eigenvalue weighted by atomic mass is 10.1. The summed E-state index contributed by atoms with van der Waals surface area (Å²) in [6.45, 7) is 2.58. The summed E-state index contributed by atoms with van der Waals surface area (Å²) >= 11 is 0. The van der Waals surface area contributed by atoms with E-state index >= 15 is 0 Å². The number of ether oxygens (including phenoxy) is 1. The summed E-state index contributed by atoms with van der Waals surface area (Å²) in [5.41, 5.74) is 1.72. The molecule has 1 aliphatic carbocycles. The van der Waals surface area contributed by atoms with Crippen LogP contribution in [0.3, 0.4) is 0 Å². The molecule has 1 heterocycles. The van der Waals surface area contributed by atoms with Gasteiger partial charge in [-0.25, -0.2) is 0 Å². The first kappa shape index (κ1) is 18.0. The number of rotatable bonds is 6. The second-order valence-corrected chi connectivity index (χ2v) is 6.73. The van der Waals surface area contributed by atoms with Gasteiger partial charge in [-0.15, -0.1) is 0 Å². The molecule has 6 nitrogen and oxygen atoms in total. The average molecular weight is 375 g/mol. The Bertz CT molecular complexity index is 1050. The lowest BCUT2D eigenvalue weighted by Crippen LogP contribution is -2.30. The third-order valence-electron chi connectivity index (χ3n) is 4.74. The number of aromatic nitrogens is 2. The quantitative estimate of drug-likeness (QED) is 0.719. The van der Waals surface area contributed by atoms with E-state index in [0.29, 0.717) is 12.3 Å². The Labute approximate surface area is 162 Å². The number of para-hydroxylation sites is 1. The summed E-state index contributed by atoms with van der Waals surface area (Å²) < 4.78 is 6.79. The van der Waals surface area contributed by atoms with Crippen LogP contribution in [-0.4, -0.2) is 28.3 Å². The second-order valence-electron chi connectivity index (χ2n) is 6.73. The Morgan fingerprint density at radius 2 is 1.96 bits per heavy atom. The molecule has 3 aromatic rings. The van der Waals surface area contributed by atoms with Crippen molar-refractivity contribution in [2.24, 2.45) is 0 Å². The fourth-order valence-corrected chi connectivity index (χ4v) is 3.25. The molecule has 1 saturated carbocycles. The molecule has 2 atom stereocenters. The minimum absolute atomic E-state index is 0.0586. The zero-order chi connectivity index (χ0) is 19.5. The van der Waals surface area contributed by atoms with Crippen molar-refractivity contribution in [1.82, 2.24) is 15.1 Å². The van der Waals surface area contributed by atoms with E-state index in [1.54, 1.807) is 12.1 Å². The van der Waals surface area contributed by atoms with Crippen molar-refractivity contribution >= 4 is 5.91 Å². The SMILES string of the molecule is CCOc1cccc([C@@H]2C[C@H]2NC(=O)c2ccc(=O)n(-c3ccccc3)n2)c1. The molecule has 28 heavy (non-hydrogen) atoms. The summed E-state index contributed by atoms with van der Waals surface area (Å²) in [5.74, 6) is 0.830. The third kappa shape index (κ3) is 3.81. The first-order chi connectivity index (χ1) is 13.7. The number of carbonyl (C=O) groups excluding carboxylic acids is 1. The van der Waals surface area contributed by atoms with Crippen LogP contribution in [0.15, 0.2) is 71.5 Å². The molecule has 1 aliphatic rings. The van der Waals surface area contributed by atoms with Crippen LogP contribution in [0.25, 0.3) is 5.69 Å². The average Bonchev–Trinajstić information content (AvgIpc) is 3.48. The zero-order valence-corrected chi connectivity index (χ0v) is 15.5. The van der Waals surface area contributed by atoms with Gasteiger partial charge < -0.3 is 10.1 Å². The van der Waals surface area contributed by atoms with E-state index in [1.807, 2.05) is 49.4 Å². The molecule has 1 N–H and O–H groups in total. The highest BCUT2D eigenvalue weighted by Crippen LogP contribution is 2.41. The Balaban J connectivity index is 1.47. The van der Waals surface area contributed by atoms with E-state index in [0.717, 1.165) is 17.7 Å². The normalized spacial score (nSPS) is 17.8. The third-order valence-corrected chi connectivity index (χ3v) is 4.74.